The molecule has 0 bridgehead atoms. The molecule has 96 valence electrons. The van der Waals surface area contributed by atoms with Crippen LogP contribution in [0.15, 0.2) is 24.3 Å². The lowest BCUT2D eigenvalue weighted by atomic mass is 10.1. The molecule has 1 rings (SSSR count). The number of halogens is 1. The third-order valence-corrected chi connectivity index (χ3v) is 2.79. The second-order valence-corrected chi connectivity index (χ2v) is 4.12. The van der Waals surface area contributed by atoms with Crippen molar-refractivity contribution in [2.75, 3.05) is 20.1 Å². The number of hydrogen-bond donors (Lipinski definition) is 1. The van der Waals surface area contributed by atoms with Crippen LogP contribution in [0.5, 0.6) is 0 Å². The Balaban J connectivity index is 2.56. The van der Waals surface area contributed by atoms with E-state index in [-0.39, 0.29) is 30.9 Å². The Hall–Kier alpha value is -1.86. The van der Waals surface area contributed by atoms with Gasteiger partial charge in [0.1, 0.15) is 5.82 Å². The Labute approximate surface area is 107 Å². The van der Waals surface area contributed by atoms with E-state index < -0.39 is 0 Å². The fourth-order valence-electron chi connectivity index (χ4n) is 1.56. The molecule has 0 aromatic heterocycles. The summed E-state index contributed by atoms with van der Waals surface area (Å²) in [6.07, 6.45) is 5.06. The van der Waals surface area contributed by atoms with E-state index in [2.05, 4.69) is 11.2 Å². The molecule has 18 heavy (non-hydrogen) atoms. The number of carbonyl (C=O) groups is 1. The Morgan fingerprint density at radius 3 is 2.67 bits per heavy atom. The van der Waals surface area contributed by atoms with E-state index >= 15 is 0 Å². The van der Waals surface area contributed by atoms with Gasteiger partial charge < -0.3 is 5.32 Å². The van der Waals surface area contributed by atoms with Crippen molar-refractivity contribution in [3.63, 3.8) is 0 Å². The maximum atomic E-state index is 12.8. The molecule has 1 amide bonds. The first-order valence-electron chi connectivity index (χ1n) is 5.70. The molecule has 1 aromatic carbocycles. The van der Waals surface area contributed by atoms with Crippen LogP contribution in [0.4, 0.5) is 4.39 Å². The monoisotopic (exact) mass is 248 g/mol. The number of likely N-dealkylation sites (N-methyl/N-ethyl adjacent to an activating group) is 1. The molecule has 0 radical (unpaired) electrons. The maximum Gasteiger partial charge on any atom is 0.234 e. The van der Waals surface area contributed by atoms with Gasteiger partial charge in [0.15, 0.2) is 0 Å². The van der Waals surface area contributed by atoms with Crippen molar-refractivity contribution < 1.29 is 9.18 Å². The van der Waals surface area contributed by atoms with Crippen LogP contribution in [0.2, 0.25) is 0 Å². The summed E-state index contributed by atoms with van der Waals surface area (Å²) in [6, 6.07) is 6.30. The van der Waals surface area contributed by atoms with Crippen LogP contribution in [-0.2, 0) is 4.79 Å². The largest absolute Gasteiger partial charge is 0.344 e. The lowest BCUT2D eigenvalue weighted by Gasteiger charge is -2.24. The van der Waals surface area contributed by atoms with Crippen LogP contribution in [0, 0.1) is 18.2 Å². The summed E-state index contributed by atoms with van der Waals surface area (Å²) in [7, 11) is 1.84. The van der Waals surface area contributed by atoms with Gasteiger partial charge in [-0.25, -0.2) is 4.39 Å². The highest BCUT2D eigenvalue weighted by atomic mass is 19.1. The summed E-state index contributed by atoms with van der Waals surface area (Å²) < 4.78 is 12.8. The number of benzene rings is 1. The van der Waals surface area contributed by atoms with Gasteiger partial charge in [0, 0.05) is 6.04 Å². The van der Waals surface area contributed by atoms with Crippen LogP contribution in [0.1, 0.15) is 18.5 Å². The third-order valence-electron chi connectivity index (χ3n) is 2.79. The number of carbonyl (C=O) groups excluding carboxylic acids is 1. The summed E-state index contributed by atoms with van der Waals surface area (Å²) in [4.78, 5) is 13.4. The second kappa shape index (κ2) is 6.77. The van der Waals surface area contributed by atoms with Crippen LogP contribution in [0.25, 0.3) is 0 Å². The first-order chi connectivity index (χ1) is 8.54. The molecule has 4 heteroatoms. The predicted octanol–water partition coefficient (Wildman–Crippen LogP) is 1.57. The zero-order chi connectivity index (χ0) is 13.5. The van der Waals surface area contributed by atoms with Gasteiger partial charge in [-0.3, -0.25) is 9.69 Å². The molecule has 0 spiro atoms. The zero-order valence-corrected chi connectivity index (χ0v) is 10.6. The van der Waals surface area contributed by atoms with Gasteiger partial charge in [0.25, 0.3) is 0 Å². The van der Waals surface area contributed by atoms with Crippen LogP contribution in [0.3, 0.4) is 0 Å². The summed E-state index contributed by atoms with van der Waals surface area (Å²) in [5.74, 6) is 1.96. The zero-order valence-electron chi connectivity index (χ0n) is 10.6. The number of nitrogens with zero attached hydrogens (tertiary/aromatic N) is 1. The number of terminal acetylenes is 1. The van der Waals surface area contributed by atoms with Crippen molar-refractivity contribution in [2.24, 2.45) is 0 Å². The Bertz CT molecular complexity index is 436. The molecule has 0 heterocycles. The minimum atomic E-state index is -0.264. The Morgan fingerprint density at radius 1 is 1.50 bits per heavy atom. The fourth-order valence-corrected chi connectivity index (χ4v) is 1.56. The van der Waals surface area contributed by atoms with Gasteiger partial charge in [0.05, 0.1) is 13.1 Å². The molecule has 0 aliphatic carbocycles. The Kier molecular flexibility index (Phi) is 5.34. The SMILES string of the molecule is C#CCNC(=O)CN(C)[C@@H](C)c1ccc(F)cc1. The van der Waals surface area contributed by atoms with E-state index in [1.165, 1.54) is 12.1 Å². The van der Waals surface area contributed by atoms with Crippen molar-refractivity contribution in [2.45, 2.75) is 13.0 Å². The molecule has 0 unspecified atom stereocenters. The number of hydrogen-bond acceptors (Lipinski definition) is 2. The molecule has 0 saturated heterocycles. The fraction of sp³-hybridized carbons (Fsp3) is 0.357. The van der Waals surface area contributed by atoms with Gasteiger partial charge >= 0.3 is 0 Å². The number of rotatable bonds is 5. The molecule has 0 aliphatic rings. The van der Waals surface area contributed by atoms with E-state index in [0.717, 1.165) is 5.56 Å². The van der Waals surface area contributed by atoms with Crippen LogP contribution in [-0.4, -0.2) is 30.9 Å². The average molecular weight is 248 g/mol. The highest BCUT2D eigenvalue weighted by Gasteiger charge is 2.14. The Morgan fingerprint density at radius 2 is 2.11 bits per heavy atom. The van der Waals surface area contributed by atoms with E-state index in [0.29, 0.717) is 0 Å². The standard InChI is InChI=1S/C14H17FN2O/c1-4-9-16-14(18)10-17(3)11(2)12-5-7-13(15)8-6-12/h1,5-8,11H,9-10H2,2-3H3,(H,16,18)/t11-/m0/s1. The topological polar surface area (TPSA) is 32.3 Å². The van der Waals surface area contributed by atoms with Crippen molar-refractivity contribution in [1.29, 1.82) is 0 Å². The van der Waals surface area contributed by atoms with Gasteiger partial charge in [0.2, 0.25) is 5.91 Å². The van der Waals surface area contributed by atoms with Gasteiger partial charge in [-0.05, 0) is 31.7 Å². The molecule has 0 aliphatic heterocycles. The van der Waals surface area contributed by atoms with Crippen LogP contribution < -0.4 is 5.32 Å². The van der Waals surface area contributed by atoms with E-state index in [1.807, 2.05) is 18.9 Å². The van der Waals surface area contributed by atoms with E-state index in [1.54, 1.807) is 12.1 Å². The van der Waals surface area contributed by atoms with Crippen molar-refractivity contribution in [1.82, 2.24) is 10.2 Å². The van der Waals surface area contributed by atoms with Crippen molar-refractivity contribution >= 4 is 5.91 Å². The molecule has 0 saturated carbocycles. The van der Waals surface area contributed by atoms with Crippen molar-refractivity contribution in [3.8, 4) is 12.3 Å². The lowest BCUT2D eigenvalue weighted by Crippen LogP contribution is -2.36. The number of nitrogens with one attached hydrogen (secondary N) is 1. The summed E-state index contributed by atoms with van der Waals surface area (Å²) in [5.41, 5.74) is 0.962. The van der Waals surface area contributed by atoms with Crippen molar-refractivity contribution in [3.05, 3.63) is 35.6 Å². The molecule has 3 nitrogen and oxygen atoms in total. The first-order valence-corrected chi connectivity index (χ1v) is 5.70. The molecule has 1 atom stereocenters. The molecule has 1 aromatic rings. The lowest BCUT2D eigenvalue weighted by molar-refractivity contribution is -0.122. The predicted molar refractivity (Wildman–Crippen MR) is 69.3 cm³/mol. The summed E-state index contributed by atoms with van der Waals surface area (Å²) in [5, 5.41) is 2.60. The van der Waals surface area contributed by atoms with Crippen LogP contribution >= 0.6 is 0 Å². The normalized spacial score (nSPS) is 11.9. The summed E-state index contributed by atoms with van der Waals surface area (Å²) in [6.45, 7) is 2.44. The quantitative estimate of drug-likeness (QED) is 0.802. The molecule has 0 fully saturated rings. The van der Waals surface area contributed by atoms with Gasteiger partial charge in [-0.1, -0.05) is 18.1 Å². The highest BCUT2D eigenvalue weighted by Crippen LogP contribution is 2.18. The minimum absolute atomic E-state index is 0.0298. The van der Waals surface area contributed by atoms with Gasteiger partial charge in [-0.2, -0.15) is 0 Å². The smallest absolute Gasteiger partial charge is 0.234 e. The van der Waals surface area contributed by atoms with E-state index in [9.17, 15) is 9.18 Å². The van der Waals surface area contributed by atoms with E-state index in [4.69, 9.17) is 6.42 Å². The minimum Gasteiger partial charge on any atom is -0.344 e. The molecular formula is C14H17FN2O. The third kappa shape index (κ3) is 4.19. The van der Waals surface area contributed by atoms with Gasteiger partial charge in [-0.15, -0.1) is 6.42 Å². The second-order valence-electron chi connectivity index (χ2n) is 4.12. The highest BCUT2D eigenvalue weighted by molar-refractivity contribution is 5.78. The average Bonchev–Trinajstić information content (AvgIpc) is 2.36. The first kappa shape index (κ1) is 14.2. The molecular weight excluding hydrogens is 231 g/mol. The summed E-state index contributed by atoms with van der Waals surface area (Å²) >= 11 is 0. The maximum absolute atomic E-state index is 12.8. The number of amides is 1. The molecule has 1 N–H and O–H groups in total.